The molecule has 0 aliphatic heterocycles. The molecule has 4 heteroatoms. The van der Waals surface area contributed by atoms with Crippen molar-refractivity contribution in [1.82, 2.24) is 4.98 Å². The summed E-state index contributed by atoms with van der Waals surface area (Å²) in [5, 5.41) is 8.83. The van der Waals surface area contributed by atoms with Crippen molar-refractivity contribution in [2.75, 3.05) is 11.4 Å². The SMILES string of the molecule is N#CCN(C(=O)c1cccnc1)c1ccccc1. The summed E-state index contributed by atoms with van der Waals surface area (Å²) < 4.78 is 0. The van der Waals surface area contributed by atoms with Crippen LogP contribution in [0.25, 0.3) is 0 Å². The fraction of sp³-hybridized carbons (Fsp3) is 0.0714. The lowest BCUT2D eigenvalue weighted by atomic mass is 10.2. The van der Waals surface area contributed by atoms with Gasteiger partial charge in [0.1, 0.15) is 6.54 Å². The van der Waals surface area contributed by atoms with Crippen molar-refractivity contribution in [2.45, 2.75) is 0 Å². The Hall–Kier alpha value is -2.67. The van der Waals surface area contributed by atoms with Crippen LogP contribution in [-0.2, 0) is 0 Å². The third-order valence-corrected chi connectivity index (χ3v) is 2.45. The second kappa shape index (κ2) is 5.60. The average Bonchev–Trinajstić information content (AvgIpc) is 2.46. The Morgan fingerprint density at radius 1 is 1.22 bits per heavy atom. The Morgan fingerprint density at radius 3 is 2.61 bits per heavy atom. The number of carbonyl (C=O) groups is 1. The smallest absolute Gasteiger partial charge is 0.260 e. The van der Waals surface area contributed by atoms with Gasteiger partial charge >= 0.3 is 0 Å². The molecule has 0 aliphatic rings. The Bertz CT molecular complexity index is 561. The second-order valence-electron chi connectivity index (χ2n) is 3.63. The summed E-state index contributed by atoms with van der Waals surface area (Å²) in [7, 11) is 0. The van der Waals surface area contributed by atoms with E-state index in [1.54, 1.807) is 30.5 Å². The van der Waals surface area contributed by atoms with E-state index in [1.165, 1.54) is 11.1 Å². The van der Waals surface area contributed by atoms with Crippen molar-refractivity contribution in [3.63, 3.8) is 0 Å². The maximum absolute atomic E-state index is 12.3. The van der Waals surface area contributed by atoms with E-state index in [9.17, 15) is 4.79 Å². The number of carbonyl (C=O) groups excluding carboxylic acids is 1. The van der Waals surface area contributed by atoms with Gasteiger partial charge in [-0.15, -0.1) is 0 Å². The first-order valence-corrected chi connectivity index (χ1v) is 5.47. The summed E-state index contributed by atoms with van der Waals surface area (Å²) in [6.45, 7) is 0.0116. The molecule has 4 nitrogen and oxygen atoms in total. The Morgan fingerprint density at radius 2 is 2.00 bits per heavy atom. The van der Waals surface area contributed by atoms with Crippen molar-refractivity contribution in [3.8, 4) is 6.07 Å². The molecule has 1 heterocycles. The quantitative estimate of drug-likeness (QED) is 0.769. The third kappa shape index (κ3) is 2.53. The van der Waals surface area contributed by atoms with Gasteiger partial charge in [-0.05, 0) is 24.3 Å². The van der Waals surface area contributed by atoms with E-state index in [4.69, 9.17) is 5.26 Å². The zero-order chi connectivity index (χ0) is 12.8. The van der Waals surface area contributed by atoms with E-state index < -0.39 is 0 Å². The molecular formula is C14H11N3O. The normalized spacial score (nSPS) is 9.50. The highest BCUT2D eigenvalue weighted by Crippen LogP contribution is 2.15. The number of benzene rings is 1. The molecule has 0 aliphatic carbocycles. The molecule has 2 aromatic rings. The van der Waals surface area contributed by atoms with Crippen molar-refractivity contribution in [1.29, 1.82) is 5.26 Å². The van der Waals surface area contributed by atoms with Crippen molar-refractivity contribution in [3.05, 3.63) is 60.4 Å². The number of anilines is 1. The first-order valence-electron chi connectivity index (χ1n) is 5.47. The van der Waals surface area contributed by atoms with Crippen LogP contribution in [0, 0.1) is 11.3 Å². The van der Waals surface area contributed by atoms with E-state index in [0.29, 0.717) is 11.3 Å². The molecule has 88 valence electrons. The van der Waals surface area contributed by atoms with E-state index >= 15 is 0 Å². The lowest BCUT2D eigenvalue weighted by Crippen LogP contribution is -2.31. The molecule has 0 spiro atoms. The molecule has 0 saturated carbocycles. The molecule has 0 atom stereocenters. The predicted octanol–water partition coefficient (Wildman–Crippen LogP) is 2.25. The van der Waals surface area contributed by atoms with Gasteiger partial charge in [-0.1, -0.05) is 18.2 Å². The fourth-order valence-electron chi connectivity index (χ4n) is 1.60. The lowest BCUT2D eigenvalue weighted by molar-refractivity contribution is 0.0989. The van der Waals surface area contributed by atoms with Crippen LogP contribution in [0.5, 0.6) is 0 Å². The summed E-state index contributed by atoms with van der Waals surface area (Å²) in [4.78, 5) is 17.6. The van der Waals surface area contributed by atoms with E-state index in [0.717, 1.165) is 0 Å². The summed E-state index contributed by atoms with van der Waals surface area (Å²) >= 11 is 0. The maximum atomic E-state index is 12.3. The zero-order valence-corrected chi connectivity index (χ0v) is 9.65. The molecule has 2 rings (SSSR count). The molecule has 0 unspecified atom stereocenters. The molecule has 18 heavy (non-hydrogen) atoms. The van der Waals surface area contributed by atoms with E-state index in [2.05, 4.69) is 4.98 Å². The van der Waals surface area contributed by atoms with Crippen LogP contribution in [-0.4, -0.2) is 17.4 Å². The van der Waals surface area contributed by atoms with Gasteiger partial charge in [-0.2, -0.15) is 5.26 Å². The number of para-hydroxylation sites is 1. The van der Waals surface area contributed by atoms with Crippen LogP contribution >= 0.6 is 0 Å². The highest BCUT2D eigenvalue weighted by atomic mass is 16.2. The van der Waals surface area contributed by atoms with Gasteiger partial charge in [0.05, 0.1) is 11.6 Å². The highest BCUT2D eigenvalue weighted by molar-refractivity contribution is 6.06. The fourth-order valence-corrected chi connectivity index (χ4v) is 1.60. The van der Waals surface area contributed by atoms with Gasteiger partial charge < -0.3 is 0 Å². The molecule has 0 fully saturated rings. The van der Waals surface area contributed by atoms with Crippen LogP contribution in [0.3, 0.4) is 0 Å². The molecule has 1 aromatic carbocycles. The van der Waals surface area contributed by atoms with Crippen molar-refractivity contribution >= 4 is 11.6 Å². The van der Waals surface area contributed by atoms with Crippen LogP contribution < -0.4 is 4.90 Å². The van der Waals surface area contributed by atoms with Gasteiger partial charge in [-0.25, -0.2) is 0 Å². The predicted molar refractivity (Wildman–Crippen MR) is 68.0 cm³/mol. The molecule has 1 aromatic heterocycles. The average molecular weight is 237 g/mol. The summed E-state index contributed by atoms with van der Waals surface area (Å²) in [5.41, 5.74) is 1.17. The summed E-state index contributed by atoms with van der Waals surface area (Å²) in [5.74, 6) is -0.226. The number of nitrogens with zero attached hydrogens (tertiary/aromatic N) is 3. The van der Waals surface area contributed by atoms with Crippen LogP contribution in [0.4, 0.5) is 5.69 Å². The van der Waals surface area contributed by atoms with E-state index in [-0.39, 0.29) is 12.5 Å². The monoisotopic (exact) mass is 237 g/mol. The Labute approximate surface area is 105 Å². The van der Waals surface area contributed by atoms with Gasteiger partial charge in [0, 0.05) is 18.1 Å². The topological polar surface area (TPSA) is 57.0 Å². The second-order valence-corrected chi connectivity index (χ2v) is 3.63. The van der Waals surface area contributed by atoms with Crippen molar-refractivity contribution in [2.24, 2.45) is 0 Å². The first-order chi connectivity index (χ1) is 8.83. The molecular weight excluding hydrogens is 226 g/mol. The number of amides is 1. The van der Waals surface area contributed by atoms with Crippen LogP contribution in [0.1, 0.15) is 10.4 Å². The Kier molecular flexibility index (Phi) is 3.67. The van der Waals surface area contributed by atoms with Gasteiger partial charge in [0.25, 0.3) is 5.91 Å². The number of pyridine rings is 1. The molecule has 0 N–H and O–H groups in total. The van der Waals surface area contributed by atoms with Crippen molar-refractivity contribution < 1.29 is 4.79 Å². The maximum Gasteiger partial charge on any atom is 0.260 e. The molecule has 0 saturated heterocycles. The number of hydrogen-bond donors (Lipinski definition) is 0. The summed E-state index contributed by atoms with van der Waals surface area (Å²) in [6.07, 6.45) is 3.10. The number of aromatic nitrogens is 1. The highest BCUT2D eigenvalue weighted by Gasteiger charge is 2.16. The van der Waals surface area contributed by atoms with Crippen LogP contribution in [0.2, 0.25) is 0 Å². The number of hydrogen-bond acceptors (Lipinski definition) is 3. The number of rotatable bonds is 3. The largest absolute Gasteiger partial charge is 0.295 e. The minimum atomic E-state index is -0.226. The minimum Gasteiger partial charge on any atom is -0.295 e. The molecule has 0 radical (unpaired) electrons. The summed E-state index contributed by atoms with van der Waals surface area (Å²) in [6, 6.07) is 14.5. The van der Waals surface area contributed by atoms with Gasteiger partial charge in [0.15, 0.2) is 0 Å². The van der Waals surface area contributed by atoms with Crippen LogP contribution in [0.15, 0.2) is 54.9 Å². The molecule has 0 bridgehead atoms. The first kappa shape index (κ1) is 11.8. The molecule has 1 amide bonds. The minimum absolute atomic E-state index is 0.0116. The Balaban J connectivity index is 2.32. The van der Waals surface area contributed by atoms with E-state index in [1.807, 2.05) is 24.3 Å². The lowest BCUT2D eigenvalue weighted by Gasteiger charge is -2.19. The third-order valence-electron chi connectivity index (χ3n) is 2.45. The standard InChI is InChI=1S/C14H11N3O/c15-8-10-17(13-6-2-1-3-7-13)14(18)12-5-4-9-16-11-12/h1-7,9,11H,10H2. The van der Waals surface area contributed by atoms with Gasteiger partial charge in [0.2, 0.25) is 0 Å². The number of nitriles is 1. The zero-order valence-electron chi connectivity index (χ0n) is 9.65. The van der Waals surface area contributed by atoms with Gasteiger partial charge in [-0.3, -0.25) is 14.7 Å².